The minimum atomic E-state index is -0.428. The molecule has 0 aromatic heterocycles. The van der Waals surface area contributed by atoms with Crippen LogP contribution in [0.4, 0.5) is 0 Å². The van der Waals surface area contributed by atoms with E-state index in [1.54, 1.807) is 0 Å². The molecule has 0 amide bonds. The monoisotopic (exact) mass is 294 g/mol. The zero-order chi connectivity index (χ0) is 15.4. The summed E-state index contributed by atoms with van der Waals surface area (Å²) in [6, 6.07) is 0. The van der Waals surface area contributed by atoms with Crippen molar-refractivity contribution in [1.29, 1.82) is 0 Å². The molecule has 1 aliphatic carbocycles. The number of ether oxygens (including phenoxy) is 3. The molecule has 5 heteroatoms. The number of hydrogen-bond donors (Lipinski definition) is 0. The normalized spacial score (nSPS) is 44.7. The molecule has 1 unspecified atom stereocenters. The molecule has 5 nitrogen and oxygen atoms in total. The Morgan fingerprint density at radius 2 is 2.14 bits per heavy atom. The summed E-state index contributed by atoms with van der Waals surface area (Å²) in [4.78, 5) is 23.9. The molecule has 21 heavy (non-hydrogen) atoms. The average Bonchev–Trinajstić information content (AvgIpc) is 3.26. The summed E-state index contributed by atoms with van der Waals surface area (Å²) in [5, 5.41) is 0. The van der Waals surface area contributed by atoms with E-state index in [1.165, 1.54) is 7.11 Å². The van der Waals surface area contributed by atoms with Crippen molar-refractivity contribution in [2.45, 2.75) is 38.9 Å². The van der Waals surface area contributed by atoms with Crippen molar-refractivity contribution >= 4 is 11.9 Å². The molecule has 0 spiro atoms. The fourth-order valence-corrected chi connectivity index (χ4v) is 4.17. The topological polar surface area (TPSA) is 65.1 Å². The lowest BCUT2D eigenvalue weighted by atomic mass is 9.58. The highest BCUT2D eigenvalue weighted by Gasteiger charge is 2.61. The fourth-order valence-electron chi connectivity index (χ4n) is 4.17. The summed E-state index contributed by atoms with van der Waals surface area (Å²) < 4.78 is 16.0. The van der Waals surface area contributed by atoms with Crippen LogP contribution < -0.4 is 0 Å². The van der Waals surface area contributed by atoms with E-state index in [1.807, 2.05) is 6.92 Å². The lowest BCUT2D eigenvalue weighted by Crippen LogP contribution is -2.49. The van der Waals surface area contributed by atoms with Gasteiger partial charge in [0.2, 0.25) is 0 Å². The van der Waals surface area contributed by atoms with Gasteiger partial charge < -0.3 is 14.2 Å². The van der Waals surface area contributed by atoms with Gasteiger partial charge in [0, 0.05) is 22.8 Å². The molecular formula is C16H22O5. The minimum absolute atomic E-state index is 0.111. The van der Waals surface area contributed by atoms with E-state index in [9.17, 15) is 9.59 Å². The van der Waals surface area contributed by atoms with Crippen LogP contribution in [0.3, 0.4) is 0 Å². The number of carbonyl (C=O) groups excluding carboxylic acids is 2. The third-order valence-electron chi connectivity index (χ3n) is 5.64. The number of hydrogen-bond acceptors (Lipinski definition) is 5. The van der Waals surface area contributed by atoms with Gasteiger partial charge in [-0.05, 0) is 12.8 Å². The van der Waals surface area contributed by atoms with E-state index in [0.717, 1.165) is 12.8 Å². The first-order valence-corrected chi connectivity index (χ1v) is 7.49. The van der Waals surface area contributed by atoms with E-state index in [2.05, 4.69) is 13.5 Å². The first-order chi connectivity index (χ1) is 9.90. The molecule has 3 aliphatic rings. The molecule has 2 aliphatic heterocycles. The van der Waals surface area contributed by atoms with Crippen molar-refractivity contribution in [3.05, 3.63) is 12.2 Å². The highest BCUT2D eigenvalue weighted by Crippen LogP contribution is 2.56. The van der Waals surface area contributed by atoms with Gasteiger partial charge in [0.15, 0.2) is 0 Å². The number of methoxy groups -OCH3 is 1. The smallest absolute Gasteiger partial charge is 0.333 e. The van der Waals surface area contributed by atoms with Gasteiger partial charge in [0.1, 0.15) is 6.10 Å². The third kappa shape index (κ3) is 2.09. The predicted molar refractivity (Wildman–Crippen MR) is 74.3 cm³/mol. The molecule has 1 saturated carbocycles. The number of fused-ring (bicyclic) bond motifs is 1. The molecule has 0 aromatic carbocycles. The van der Waals surface area contributed by atoms with Gasteiger partial charge in [-0.3, -0.25) is 4.79 Å². The second-order valence-electron chi connectivity index (χ2n) is 6.71. The predicted octanol–water partition coefficient (Wildman–Crippen LogP) is 1.71. The molecule has 0 bridgehead atoms. The van der Waals surface area contributed by atoms with Crippen LogP contribution in [0.25, 0.3) is 0 Å². The lowest BCUT2D eigenvalue weighted by Gasteiger charge is -2.46. The van der Waals surface area contributed by atoms with Crippen LogP contribution in [0, 0.1) is 23.2 Å². The van der Waals surface area contributed by atoms with Crippen molar-refractivity contribution in [1.82, 2.24) is 0 Å². The summed E-state index contributed by atoms with van der Waals surface area (Å²) in [5.41, 5.74) is 0.170. The third-order valence-corrected chi connectivity index (χ3v) is 5.64. The van der Waals surface area contributed by atoms with Crippen molar-refractivity contribution < 1.29 is 23.8 Å². The Balaban J connectivity index is 1.96. The molecule has 2 heterocycles. The first kappa shape index (κ1) is 14.6. The second kappa shape index (κ2) is 4.83. The summed E-state index contributed by atoms with van der Waals surface area (Å²) in [6.07, 6.45) is 1.64. The van der Waals surface area contributed by atoms with Gasteiger partial charge in [-0.1, -0.05) is 20.4 Å². The van der Waals surface area contributed by atoms with Crippen molar-refractivity contribution in [2.24, 2.45) is 23.2 Å². The number of carbonyl (C=O) groups is 2. The molecule has 3 rings (SSSR count). The van der Waals surface area contributed by atoms with Crippen LogP contribution in [0.15, 0.2) is 12.2 Å². The fraction of sp³-hybridized carbons (Fsp3) is 0.750. The van der Waals surface area contributed by atoms with E-state index in [4.69, 9.17) is 14.2 Å². The molecule has 6 atom stereocenters. The highest BCUT2D eigenvalue weighted by molar-refractivity contribution is 5.89. The maximum Gasteiger partial charge on any atom is 0.333 e. The Kier molecular flexibility index (Phi) is 3.35. The Morgan fingerprint density at radius 1 is 1.48 bits per heavy atom. The lowest BCUT2D eigenvalue weighted by molar-refractivity contribution is -0.150. The standard InChI is InChI=1S/C16H22O5/c1-8-10-5-6-16(3,11-7-20-11)12(9(2)14(17)19-4)13(10)21-15(8)18/h8,10-13H,2,5-7H2,1,3-4H3/t8-,10+,11?,12-,13+,16+/m1/s1. The molecule has 0 aromatic rings. The van der Waals surface area contributed by atoms with Gasteiger partial charge in [-0.2, -0.15) is 0 Å². The number of esters is 2. The number of rotatable bonds is 3. The van der Waals surface area contributed by atoms with Crippen LogP contribution in [-0.2, 0) is 23.8 Å². The maximum atomic E-state index is 12.0. The van der Waals surface area contributed by atoms with E-state index < -0.39 is 5.97 Å². The number of epoxide rings is 1. The van der Waals surface area contributed by atoms with Gasteiger partial charge >= 0.3 is 11.9 Å². The van der Waals surface area contributed by atoms with Crippen LogP contribution >= 0.6 is 0 Å². The minimum Gasteiger partial charge on any atom is -0.466 e. The Hall–Kier alpha value is -1.36. The van der Waals surface area contributed by atoms with E-state index in [-0.39, 0.29) is 41.3 Å². The van der Waals surface area contributed by atoms with Crippen LogP contribution in [-0.4, -0.2) is 37.9 Å². The summed E-state index contributed by atoms with van der Waals surface area (Å²) in [5.74, 6) is -0.801. The van der Waals surface area contributed by atoms with Gasteiger partial charge in [-0.15, -0.1) is 0 Å². The highest BCUT2D eigenvalue weighted by atomic mass is 16.6. The van der Waals surface area contributed by atoms with Gasteiger partial charge in [0.25, 0.3) is 0 Å². The van der Waals surface area contributed by atoms with Crippen molar-refractivity contribution in [2.75, 3.05) is 13.7 Å². The summed E-state index contributed by atoms with van der Waals surface area (Å²) >= 11 is 0. The van der Waals surface area contributed by atoms with Crippen molar-refractivity contribution in [3.63, 3.8) is 0 Å². The van der Waals surface area contributed by atoms with Crippen LogP contribution in [0.5, 0.6) is 0 Å². The first-order valence-electron chi connectivity index (χ1n) is 7.49. The van der Waals surface area contributed by atoms with Gasteiger partial charge in [-0.25, -0.2) is 4.79 Å². The van der Waals surface area contributed by atoms with E-state index >= 15 is 0 Å². The summed E-state index contributed by atoms with van der Waals surface area (Å²) in [7, 11) is 1.35. The Labute approximate surface area is 124 Å². The molecular weight excluding hydrogens is 272 g/mol. The zero-order valence-corrected chi connectivity index (χ0v) is 12.8. The molecule has 0 N–H and O–H groups in total. The molecule has 116 valence electrons. The second-order valence-corrected chi connectivity index (χ2v) is 6.71. The Bertz CT molecular complexity index is 495. The molecule has 0 radical (unpaired) electrons. The summed E-state index contributed by atoms with van der Waals surface area (Å²) in [6.45, 7) is 8.65. The molecule has 3 fully saturated rings. The average molecular weight is 294 g/mol. The van der Waals surface area contributed by atoms with Crippen LogP contribution in [0.1, 0.15) is 26.7 Å². The Morgan fingerprint density at radius 3 is 2.71 bits per heavy atom. The van der Waals surface area contributed by atoms with E-state index in [0.29, 0.717) is 12.2 Å². The SMILES string of the molecule is C=C(C(=O)OC)[C@@H]1[C@H]2OC(=O)[C@H](C)[C@@H]2CC[C@@]1(C)C1CO1. The van der Waals surface area contributed by atoms with Gasteiger partial charge in [0.05, 0.1) is 25.7 Å². The largest absolute Gasteiger partial charge is 0.466 e. The van der Waals surface area contributed by atoms with Crippen molar-refractivity contribution in [3.8, 4) is 0 Å². The molecule has 2 saturated heterocycles. The quantitative estimate of drug-likeness (QED) is 0.450. The maximum absolute atomic E-state index is 12.0. The van der Waals surface area contributed by atoms with Crippen LogP contribution in [0.2, 0.25) is 0 Å². The zero-order valence-electron chi connectivity index (χ0n) is 12.8.